The van der Waals surface area contributed by atoms with E-state index in [0.717, 1.165) is 12.8 Å². The third-order valence-electron chi connectivity index (χ3n) is 8.22. The summed E-state index contributed by atoms with van der Waals surface area (Å²) >= 11 is 0. The molecule has 7 heteroatoms. The summed E-state index contributed by atoms with van der Waals surface area (Å²) in [4.78, 5) is 19.7. The number of hydroxylamine groups is 2. The molecule has 1 heterocycles. The van der Waals surface area contributed by atoms with Gasteiger partial charge in [-0.3, -0.25) is 9.63 Å². The highest BCUT2D eigenvalue weighted by atomic mass is 28.4. The van der Waals surface area contributed by atoms with E-state index in [4.69, 9.17) is 14.0 Å². The predicted molar refractivity (Wildman–Crippen MR) is 149 cm³/mol. The Hall–Kier alpha value is -0.733. The monoisotopic (exact) mass is 525 g/mol. The van der Waals surface area contributed by atoms with Gasteiger partial charge in [0.15, 0.2) is 8.32 Å². The Morgan fingerprint density at radius 1 is 1.06 bits per heavy atom. The fraction of sp³-hybridized carbons (Fsp3) is 0.897. The van der Waals surface area contributed by atoms with E-state index in [1.807, 2.05) is 39.8 Å². The number of piperidine rings is 1. The molecular weight excluding hydrogens is 470 g/mol. The van der Waals surface area contributed by atoms with E-state index in [-0.39, 0.29) is 40.2 Å². The first-order chi connectivity index (χ1) is 16.1. The Balaban J connectivity index is 2.31. The number of hydrogen-bond donors (Lipinski definition) is 1. The molecule has 1 aliphatic heterocycles. The van der Waals surface area contributed by atoms with Gasteiger partial charge in [-0.1, -0.05) is 32.9 Å². The molecule has 0 bridgehead atoms. The van der Waals surface area contributed by atoms with Crippen LogP contribution in [0, 0.1) is 11.8 Å². The Kier molecular flexibility index (Phi) is 9.44. The Morgan fingerprint density at radius 2 is 1.58 bits per heavy atom. The smallest absolute Gasteiger partial charge is 0.312 e. The van der Waals surface area contributed by atoms with Gasteiger partial charge in [-0.2, -0.15) is 5.06 Å². The standard InChI is InChI=1S/C29H55NO5Si/c1-20(34-30-28(8,9)17-14-18-29(30,10)11)15-16-21-23(35-36(12,13)27(5,6)7)19-22(31)24(21)25(32)33-26(2,3)4/h15-16,20-24,31H,14,17-19H2,1-13H3/t20-,21-,22-,23+,24-/m1/s1. The van der Waals surface area contributed by atoms with Gasteiger partial charge in [0.25, 0.3) is 0 Å². The van der Waals surface area contributed by atoms with Crippen molar-refractivity contribution in [3.8, 4) is 0 Å². The molecular formula is C29H55NO5Si. The van der Waals surface area contributed by atoms with E-state index in [1.165, 1.54) is 6.42 Å². The van der Waals surface area contributed by atoms with Crippen LogP contribution in [0.2, 0.25) is 18.1 Å². The number of aliphatic hydroxyl groups is 1. The van der Waals surface area contributed by atoms with Crippen molar-refractivity contribution in [3.05, 3.63) is 12.2 Å². The Labute approximate surface area is 222 Å². The van der Waals surface area contributed by atoms with Gasteiger partial charge in [0.05, 0.1) is 24.2 Å². The van der Waals surface area contributed by atoms with Crippen LogP contribution in [0.1, 0.15) is 102 Å². The maximum Gasteiger partial charge on any atom is 0.312 e. The van der Waals surface area contributed by atoms with Crippen molar-refractivity contribution in [1.29, 1.82) is 0 Å². The number of rotatable bonds is 7. The van der Waals surface area contributed by atoms with E-state index in [9.17, 15) is 9.90 Å². The molecule has 0 unspecified atom stereocenters. The van der Waals surface area contributed by atoms with Crippen LogP contribution in [-0.2, 0) is 18.8 Å². The van der Waals surface area contributed by atoms with Gasteiger partial charge in [0.1, 0.15) is 5.60 Å². The minimum atomic E-state index is -2.12. The maximum atomic E-state index is 13.2. The van der Waals surface area contributed by atoms with Crippen LogP contribution in [0.4, 0.5) is 0 Å². The van der Waals surface area contributed by atoms with Crippen LogP contribution in [0.15, 0.2) is 12.2 Å². The van der Waals surface area contributed by atoms with Crippen molar-refractivity contribution in [2.75, 3.05) is 0 Å². The molecule has 0 aromatic heterocycles. The number of carbonyl (C=O) groups excluding carboxylic acids is 1. The lowest BCUT2D eigenvalue weighted by atomic mass is 9.82. The van der Waals surface area contributed by atoms with E-state index >= 15 is 0 Å². The average Bonchev–Trinajstić information content (AvgIpc) is 2.94. The Morgan fingerprint density at radius 3 is 2.06 bits per heavy atom. The van der Waals surface area contributed by atoms with E-state index in [0.29, 0.717) is 6.42 Å². The number of aliphatic hydroxyl groups excluding tert-OH is 1. The highest BCUT2D eigenvalue weighted by Crippen LogP contribution is 2.44. The highest BCUT2D eigenvalue weighted by molar-refractivity contribution is 6.74. The van der Waals surface area contributed by atoms with Gasteiger partial charge in [-0.05, 0) is 99.2 Å². The van der Waals surface area contributed by atoms with Crippen LogP contribution in [0.25, 0.3) is 0 Å². The molecule has 6 nitrogen and oxygen atoms in total. The van der Waals surface area contributed by atoms with Crippen molar-refractivity contribution in [2.45, 2.75) is 155 Å². The van der Waals surface area contributed by atoms with Gasteiger partial charge in [-0.25, -0.2) is 0 Å². The lowest BCUT2D eigenvalue weighted by molar-refractivity contribution is -0.293. The van der Waals surface area contributed by atoms with Crippen molar-refractivity contribution in [3.63, 3.8) is 0 Å². The molecule has 0 amide bonds. The molecule has 0 spiro atoms. The SMILES string of the molecule is C[C@H](C=C[C@H]1[C@@H](C(=O)OC(C)(C)C)[C@H](O)C[C@@H]1O[Si](C)(C)C(C)(C)C)ON1C(C)(C)CCCC1(C)C. The zero-order valence-electron chi connectivity index (χ0n) is 25.4. The summed E-state index contributed by atoms with van der Waals surface area (Å²) in [5.41, 5.74) is -0.730. The summed E-state index contributed by atoms with van der Waals surface area (Å²) in [5, 5.41) is 13.2. The summed E-state index contributed by atoms with van der Waals surface area (Å²) < 4.78 is 12.5. The van der Waals surface area contributed by atoms with Crippen LogP contribution in [0.5, 0.6) is 0 Å². The molecule has 1 saturated carbocycles. The molecule has 210 valence electrons. The fourth-order valence-corrected chi connectivity index (χ4v) is 6.75. The maximum absolute atomic E-state index is 13.2. The third-order valence-corrected chi connectivity index (χ3v) is 12.7. The summed E-state index contributed by atoms with van der Waals surface area (Å²) in [5.74, 6) is -1.31. The first kappa shape index (κ1) is 31.5. The van der Waals surface area contributed by atoms with Crippen LogP contribution in [0.3, 0.4) is 0 Å². The molecule has 1 N–H and O–H groups in total. The minimum absolute atomic E-state index is 0.0258. The molecule has 0 aromatic carbocycles. The average molecular weight is 526 g/mol. The predicted octanol–water partition coefficient (Wildman–Crippen LogP) is 6.63. The first-order valence-corrected chi connectivity index (χ1v) is 16.7. The van der Waals surface area contributed by atoms with Crippen molar-refractivity contribution in [2.24, 2.45) is 11.8 Å². The second-order valence-electron chi connectivity index (χ2n) is 14.8. The van der Waals surface area contributed by atoms with Crippen LogP contribution < -0.4 is 0 Å². The number of nitrogens with zero attached hydrogens (tertiary/aromatic N) is 1. The zero-order valence-corrected chi connectivity index (χ0v) is 26.4. The van der Waals surface area contributed by atoms with Gasteiger partial charge < -0.3 is 14.3 Å². The van der Waals surface area contributed by atoms with Gasteiger partial charge >= 0.3 is 5.97 Å². The van der Waals surface area contributed by atoms with E-state index in [2.05, 4.69) is 66.6 Å². The molecule has 2 rings (SSSR count). The van der Waals surface area contributed by atoms with E-state index < -0.39 is 25.9 Å². The molecule has 1 aliphatic carbocycles. The highest BCUT2D eigenvalue weighted by Gasteiger charge is 2.51. The van der Waals surface area contributed by atoms with E-state index in [1.54, 1.807) is 0 Å². The largest absolute Gasteiger partial charge is 0.460 e. The van der Waals surface area contributed by atoms with Crippen LogP contribution >= 0.6 is 0 Å². The normalized spacial score (nSPS) is 30.5. The molecule has 0 radical (unpaired) electrons. The number of esters is 1. The lowest BCUT2D eigenvalue weighted by Crippen LogP contribution is -2.59. The summed E-state index contributed by atoms with van der Waals surface area (Å²) in [6.45, 7) is 27.6. The van der Waals surface area contributed by atoms with Crippen molar-refractivity contribution in [1.82, 2.24) is 5.06 Å². The second kappa shape index (κ2) is 10.8. The molecule has 0 aromatic rings. The van der Waals surface area contributed by atoms with Crippen LogP contribution in [-0.4, -0.2) is 59.4 Å². The minimum Gasteiger partial charge on any atom is -0.460 e. The zero-order chi connectivity index (χ0) is 27.9. The summed E-state index contributed by atoms with van der Waals surface area (Å²) in [6.07, 6.45) is 6.62. The fourth-order valence-electron chi connectivity index (χ4n) is 5.39. The summed E-state index contributed by atoms with van der Waals surface area (Å²) in [7, 11) is -2.12. The third kappa shape index (κ3) is 7.65. The molecule has 36 heavy (non-hydrogen) atoms. The second-order valence-corrected chi connectivity index (χ2v) is 19.6. The number of hydrogen-bond acceptors (Lipinski definition) is 6. The molecule has 2 aliphatic rings. The molecule has 5 atom stereocenters. The van der Waals surface area contributed by atoms with Crippen molar-refractivity contribution >= 4 is 14.3 Å². The number of ether oxygens (including phenoxy) is 1. The summed E-state index contributed by atoms with van der Waals surface area (Å²) in [6, 6.07) is 0. The van der Waals surface area contributed by atoms with Crippen molar-refractivity contribution < 1.29 is 23.9 Å². The van der Waals surface area contributed by atoms with Gasteiger partial charge in [0.2, 0.25) is 0 Å². The Bertz CT molecular complexity index is 776. The molecule has 2 fully saturated rings. The quantitative estimate of drug-likeness (QED) is 0.228. The first-order valence-electron chi connectivity index (χ1n) is 13.8. The van der Waals surface area contributed by atoms with Gasteiger partial charge in [0, 0.05) is 17.0 Å². The molecule has 1 saturated heterocycles. The lowest BCUT2D eigenvalue weighted by Gasteiger charge is -2.52. The van der Waals surface area contributed by atoms with Gasteiger partial charge in [-0.15, -0.1) is 0 Å². The topological polar surface area (TPSA) is 68.2 Å². The number of carbonyl (C=O) groups is 1.